The zero-order valence-electron chi connectivity index (χ0n) is 19.7. The number of carboxylic acid groups (broad SMARTS) is 2. The van der Waals surface area contributed by atoms with E-state index in [0.29, 0.717) is 37.2 Å². The van der Waals surface area contributed by atoms with Crippen molar-refractivity contribution in [1.29, 1.82) is 0 Å². The van der Waals surface area contributed by atoms with Crippen molar-refractivity contribution in [3.63, 3.8) is 0 Å². The predicted octanol–water partition coefficient (Wildman–Crippen LogP) is 2.64. The van der Waals surface area contributed by atoms with E-state index in [1.165, 1.54) is 0 Å². The van der Waals surface area contributed by atoms with Gasteiger partial charge < -0.3 is 26.2 Å². The number of hydrogen-bond acceptors (Lipinski definition) is 5. The van der Waals surface area contributed by atoms with Crippen LogP contribution in [-0.2, 0) is 22.4 Å². The first-order valence-corrected chi connectivity index (χ1v) is 12.3. The average molecular weight is 480 g/mol. The summed E-state index contributed by atoms with van der Waals surface area (Å²) in [5.74, 6) is -2.66. The van der Waals surface area contributed by atoms with E-state index >= 15 is 0 Å². The van der Waals surface area contributed by atoms with Crippen LogP contribution in [0.15, 0.2) is 48.5 Å². The zero-order valence-corrected chi connectivity index (χ0v) is 19.7. The van der Waals surface area contributed by atoms with E-state index in [0.717, 1.165) is 37.1 Å². The van der Waals surface area contributed by atoms with Crippen molar-refractivity contribution in [1.82, 2.24) is 10.6 Å². The number of rotatable bonds is 10. The molecule has 186 valence electrons. The van der Waals surface area contributed by atoms with Crippen LogP contribution in [0.4, 0.5) is 5.69 Å². The highest BCUT2D eigenvalue weighted by molar-refractivity contribution is 6.04. The lowest BCUT2D eigenvalue weighted by atomic mass is 9.86. The third kappa shape index (κ3) is 6.46. The van der Waals surface area contributed by atoms with E-state index in [1.807, 2.05) is 24.3 Å². The van der Waals surface area contributed by atoms with E-state index in [1.54, 1.807) is 24.3 Å². The summed E-state index contributed by atoms with van der Waals surface area (Å²) in [6, 6.07) is 14.4. The second-order valence-corrected chi connectivity index (χ2v) is 9.66. The summed E-state index contributed by atoms with van der Waals surface area (Å²) < 4.78 is 0. The number of benzene rings is 2. The van der Waals surface area contributed by atoms with Gasteiger partial charge in [-0.15, -0.1) is 0 Å². The molecule has 4 atom stereocenters. The molecule has 0 bridgehead atoms. The van der Waals surface area contributed by atoms with Crippen LogP contribution in [0.1, 0.15) is 34.3 Å². The van der Waals surface area contributed by atoms with Gasteiger partial charge in [0, 0.05) is 11.3 Å². The maximum absolute atomic E-state index is 13.0. The Morgan fingerprint density at radius 1 is 0.829 bits per heavy atom. The number of carbonyl (C=O) groups is 3. The molecule has 2 fully saturated rings. The smallest absolute Gasteiger partial charge is 0.307 e. The van der Waals surface area contributed by atoms with Gasteiger partial charge >= 0.3 is 11.9 Å². The zero-order chi connectivity index (χ0) is 24.8. The quantitative estimate of drug-likeness (QED) is 0.354. The minimum Gasteiger partial charge on any atom is -0.481 e. The predicted molar refractivity (Wildman–Crippen MR) is 132 cm³/mol. The second-order valence-electron chi connectivity index (χ2n) is 9.66. The van der Waals surface area contributed by atoms with Gasteiger partial charge in [0.2, 0.25) is 0 Å². The molecule has 2 aliphatic heterocycles. The fourth-order valence-electron chi connectivity index (χ4n) is 5.28. The van der Waals surface area contributed by atoms with E-state index in [9.17, 15) is 24.6 Å². The Kier molecular flexibility index (Phi) is 8.15. The van der Waals surface area contributed by atoms with Gasteiger partial charge in [-0.05, 0) is 99.1 Å². The van der Waals surface area contributed by atoms with Crippen molar-refractivity contribution in [2.45, 2.75) is 25.7 Å². The molecule has 8 nitrogen and oxygen atoms in total. The molecule has 0 aromatic heterocycles. The topological polar surface area (TPSA) is 128 Å². The summed E-state index contributed by atoms with van der Waals surface area (Å²) in [4.78, 5) is 36.6. The van der Waals surface area contributed by atoms with Crippen molar-refractivity contribution < 1.29 is 24.6 Å². The number of anilines is 1. The molecule has 2 aliphatic rings. The van der Waals surface area contributed by atoms with Crippen LogP contribution in [0.5, 0.6) is 0 Å². The molecule has 0 radical (unpaired) electrons. The fraction of sp³-hybridized carbons (Fsp3) is 0.444. The van der Waals surface area contributed by atoms with Crippen molar-refractivity contribution in [3.05, 3.63) is 65.2 Å². The van der Waals surface area contributed by atoms with E-state index in [-0.39, 0.29) is 17.7 Å². The first kappa shape index (κ1) is 24.9. The molecule has 2 aromatic carbocycles. The third-order valence-electron chi connectivity index (χ3n) is 7.25. The summed E-state index contributed by atoms with van der Waals surface area (Å²) in [6.45, 7) is 3.09. The number of nitrogens with one attached hydrogen (secondary N) is 3. The number of carboxylic acids is 2. The van der Waals surface area contributed by atoms with E-state index < -0.39 is 23.8 Å². The van der Waals surface area contributed by atoms with Gasteiger partial charge in [0.25, 0.3) is 5.91 Å². The Bertz CT molecular complexity index is 1060. The standard InChI is InChI=1S/C27H33N3O5/c31-25(19-5-1-3-17(11-19)13-23(26(32)33)20-7-9-28-15-20)30-22-6-2-4-18(12-22)14-24(27(34)35)21-8-10-29-16-21/h1-6,11-12,20-21,23-24,28-29H,7-10,13-16H2,(H,30,31)(H,32,33)(H,34,35)/t20-,21-,23-,24-/m0/s1. The first-order chi connectivity index (χ1) is 16.9. The molecule has 0 spiro atoms. The molecular formula is C27H33N3O5. The summed E-state index contributed by atoms with van der Waals surface area (Å²) in [5.41, 5.74) is 2.75. The molecule has 0 aliphatic carbocycles. The van der Waals surface area contributed by atoms with Crippen LogP contribution < -0.4 is 16.0 Å². The Labute approximate surface area is 205 Å². The van der Waals surface area contributed by atoms with Gasteiger partial charge in [-0.1, -0.05) is 24.3 Å². The molecule has 8 heteroatoms. The number of hydrogen-bond donors (Lipinski definition) is 5. The number of aliphatic carboxylic acids is 2. The molecule has 35 heavy (non-hydrogen) atoms. The van der Waals surface area contributed by atoms with Crippen molar-refractivity contribution in [3.8, 4) is 0 Å². The highest BCUT2D eigenvalue weighted by atomic mass is 16.4. The SMILES string of the molecule is O=C(Nc1cccc(C[C@H](C(=O)O)[C@H]2CCNC2)c1)c1cccc(C[C@H](C(=O)O)[C@H]2CCNC2)c1. The van der Waals surface area contributed by atoms with Crippen molar-refractivity contribution in [2.24, 2.45) is 23.7 Å². The van der Waals surface area contributed by atoms with E-state index in [4.69, 9.17) is 0 Å². The Morgan fingerprint density at radius 2 is 1.37 bits per heavy atom. The van der Waals surface area contributed by atoms with Gasteiger partial charge in [0.15, 0.2) is 0 Å². The van der Waals surface area contributed by atoms with Gasteiger partial charge in [-0.3, -0.25) is 14.4 Å². The van der Waals surface area contributed by atoms with Crippen molar-refractivity contribution in [2.75, 3.05) is 31.5 Å². The van der Waals surface area contributed by atoms with Crippen LogP contribution in [0, 0.1) is 23.7 Å². The minimum absolute atomic E-state index is 0.0855. The number of carbonyl (C=O) groups excluding carboxylic acids is 1. The Balaban J connectivity index is 1.42. The van der Waals surface area contributed by atoms with Gasteiger partial charge in [-0.2, -0.15) is 0 Å². The summed E-state index contributed by atoms with van der Waals surface area (Å²) in [7, 11) is 0. The third-order valence-corrected chi connectivity index (χ3v) is 7.25. The first-order valence-electron chi connectivity index (χ1n) is 12.3. The summed E-state index contributed by atoms with van der Waals surface area (Å²) in [6.07, 6.45) is 2.48. The molecular weight excluding hydrogens is 446 g/mol. The molecule has 2 heterocycles. The maximum Gasteiger partial charge on any atom is 0.307 e. The van der Waals surface area contributed by atoms with Crippen LogP contribution in [0.2, 0.25) is 0 Å². The maximum atomic E-state index is 13.0. The molecule has 1 amide bonds. The largest absolute Gasteiger partial charge is 0.481 e. The van der Waals surface area contributed by atoms with Gasteiger partial charge in [-0.25, -0.2) is 0 Å². The Morgan fingerprint density at radius 3 is 1.89 bits per heavy atom. The second kappa shape index (κ2) is 11.5. The van der Waals surface area contributed by atoms with Crippen LogP contribution >= 0.6 is 0 Å². The lowest BCUT2D eigenvalue weighted by Gasteiger charge is -2.19. The van der Waals surface area contributed by atoms with Crippen molar-refractivity contribution >= 4 is 23.5 Å². The molecule has 0 saturated carbocycles. The molecule has 4 rings (SSSR count). The monoisotopic (exact) mass is 479 g/mol. The highest BCUT2D eigenvalue weighted by Gasteiger charge is 2.31. The lowest BCUT2D eigenvalue weighted by Crippen LogP contribution is -2.27. The van der Waals surface area contributed by atoms with Gasteiger partial charge in [0.1, 0.15) is 0 Å². The van der Waals surface area contributed by atoms with Crippen LogP contribution in [-0.4, -0.2) is 54.2 Å². The normalized spacial score (nSPS) is 21.4. The highest BCUT2D eigenvalue weighted by Crippen LogP contribution is 2.26. The minimum atomic E-state index is -0.807. The molecule has 5 N–H and O–H groups in total. The molecule has 0 unspecified atom stereocenters. The molecule has 2 saturated heterocycles. The van der Waals surface area contributed by atoms with Crippen LogP contribution in [0.25, 0.3) is 0 Å². The Hall–Kier alpha value is -3.23. The summed E-state index contributed by atoms with van der Waals surface area (Å²) in [5, 5.41) is 28.8. The van der Waals surface area contributed by atoms with Gasteiger partial charge in [0.05, 0.1) is 11.8 Å². The average Bonchev–Trinajstić information content (AvgIpc) is 3.56. The molecule has 2 aromatic rings. The fourth-order valence-corrected chi connectivity index (χ4v) is 5.28. The van der Waals surface area contributed by atoms with Crippen LogP contribution in [0.3, 0.4) is 0 Å². The lowest BCUT2D eigenvalue weighted by molar-refractivity contribution is -0.144. The number of amides is 1. The van der Waals surface area contributed by atoms with E-state index in [2.05, 4.69) is 16.0 Å². The summed E-state index contributed by atoms with van der Waals surface area (Å²) >= 11 is 0.